The SMILES string of the molecule is CCn1c(C)c[n+]2c1N=C1C2C(=O)N(CC(C)C)C(=O)N1C. The molecule has 7 heteroatoms. The van der Waals surface area contributed by atoms with Gasteiger partial charge in [0.2, 0.25) is 11.9 Å². The zero-order valence-corrected chi connectivity index (χ0v) is 13.7. The normalized spacial score (nSPS) is 20.6. The molecule has 0 saturated carbocycles. The number of carbonyl (C=O) groups excluding carboxylic acids is 2. The lowest BCUT2D eigenvalue weighted by Crippen LogP contribution is -2.63. The topological polar surface area (TPSA) is 61.8 Å². The van der Waals surface area contributed by atoms with E-state index in [9.17, 15) is 9.59 Å². The number of likely N-dealkylation sites (N-methyl/N-ethyl adjacent to an activating group) is 1. The highest BCUT2D eigenvalue weighted by Gasteiger charge is 2.52. The Morgan fingerprint density at radius 2 is 2.05 bits per heavy atom. The van der Waals surface area contributed by atoms with E-state index in [-0.39, 0.29) is 17.9 Å². The highest BCUT2D eigenvalue weighted by molar-refractivity contribution is 6.19. The van der Waals surface area contributed by atoms with E-state index in [0.29, 0.717) is 12.4 Å². The molecule has 1 atom stereocenters. The number of imidazole rings is 1. The molecule has 0 radical (unpaired) electrons. The van der Waals surface area contributed by atoms with Crippen LogP contribution in [0.3, 0.4) is 0 Å². The molecule has 0 N–H and O–H groups in total. The highest BCUT2D eigenvalue weighted by atomic mass is 16.2. The minimum atomic E-state index is -0.525. The standard InChI is InChI=1S/C15H22N5O2/c1-6-18-10(4)8-19-11-12(16-14(18)19)17(5)15(22)20(13(11)21)7-9(2)3/h8-9,11H,6-7H2,1-5H3/q+1. The Morgan fingerprint density at radius 3 is 2.64 bits per heavy atom. The van der Waals surface area contributed by atoms with Crippen LogP contribution in [0.5, 0.6) is 0 Å². The van der Waals surface area contributed by atoms with Crippen molar-refractivity contribution in [3.05, 3.63) is 11.9 Å². The van der Waals surface area contributed by atoms with Gasteiger partial charge in [0.25, 0.3) is 5.91 Å². The average molecular weight is 304 g/mol. The first-order valence-corrected chi connectivity index (χ1v) is 7.65. The van der Waals surface area contributed by atoms with Crippen LogP contribution in [0.1, 0.15) is 32.5 Å². The monoisotopic (exact) mass is 304 g/mol. The van der Waals surface area contributed by atoms with Gasteiger partial charge in [0.15, 0.2) is 0 Å². The van der Waals surface area contributed by atoms with Gasteiger partial charge in [-0.15, -0.1) is 0 Å². The molecule has 0 bridgehead atoms. The van der Waals surface area contributed by atoms with Crippen LogP contribution >= 0.6 is 0 Å². The third kappa shape index (κ3) is 1.88. The lowest BCUT2D eigenvalue weighted by Gasteiger charge is -2.33. The van der Waals surface area contributed by atoms with E-state index >= 15 is 0 Å². The lowest BCUT2D eigenvalue weighted by molar-refractivity contribution is -0.677. The van der Waals surface area contributed by atoms with Gasteiger partial charge in [-0.3, -0.25) is 14.6 Å². The summed E-state index contributed by atoms with van der Waals surface area (Å²) in [6.07, 6.45) is 1.94. The summed E-state index contributed by atoms with van der Waals surface area (Å²) >= 11 is 0. The van der Waals surface area contributed by atoms with Crippen LogP contribution in [0.25, 0.3) is 0 Å². The van der Waals surface area contributed by atoms with E-state index in [1.54, 1.807) is 7.05 Å². The number of nitrogens with zero attached hydrogens (tertiary/aromatic N) is 5. The second-order valence-corrected chi connectivity index (χ2v) is 6.28. The number of hydrogen-bond donors (Lipinski definition) is 0. The van der Waals surface area contributed by atoms with Gasteiger partial charge in [-0.1, -0.05) is 18.8 Å². The lowest BCUT2D eigenvalue weighted by atomic mass is 10.1. The number of aryl methyl sites for hydroxylation is 1. The van der Waals surface area contributed by atoms with Crippen molar-refractivity contribution in [1.82, 2.24) is 14.4 Å². The number of carbonyl (C=O) groups is 2. The number of aliphatic imine (C=N–C) groups is 1. The van der Waals surface area contributed by atoms with Crippen LogP contribution < -0.4 is 4.57 Å². The van der Waals surface area contributed by atoms with Gasteiger partial charge in [0, 0.05) is 13.6 Å². The molecule has 3 heterocycles. The van der Waals surface area contributed by atoms with Gasteiger partial charge in [-0.2, -0.15) is 0 Å². The Kier molecular flexibility index (Phi) is 3.30. The maximum Gasteiger partial charge on any atom is 0.401 e. The molecule has 0 spiro atoms. The van der Waals surface area contributed by atoms with Crippen LogP contribution in [0.2, 0.25) is 0 Å². The molecule has 1 saturated heterocycles. The van der Waals surface area contributed by atoms with Gasteiger partial charge in [-0.25, -0.2) is 13.9 Å². The average Bonchev–Trinajstić information content (AvgIpc) is 2.95. The van der Waals surface area contributed by atoms with Crippen LogP contribution in [0, 0.1) is 12.8 Å². The van der Waals surface area contributed by atoms with Crippen LogP contribution in [0.15, 0.2) is 11.2 Å². The second-order valence-electron chi connectivity index (χ2n) is 6.28. The summed E-state index contributed by atoms with van der Waals surface area (Å²) in [6.45, 7) is 9.23. The Balaban J connectivity index is 2.08. The van der Waals surface area contributed by atoms with Crippen molar-refractivity contribution in [2.24, 2.45) is 10.9 Å². The Hall–Kier alpha value is -2.18. The van der Waals surface area contributed by atoms with E-state index in [0.717, 1.165) is 18.2 Å². The first-order chi connectivity index (χ1) is 10.4. The molecular weight excluding hydrogens is 282 g/mol. The minimum absolute atomic E-state index is 0.187. The van der Waals surface area contributed by atoms with Crippen molar-refractivity contribution in [2.45, 2.75) is 40.3 Å². The van der Waals surface area contributed by atoms with Crippen LogP contribution in [0.4, 0.5) is 10.7 Å². The summed E-state index contributed by atoms with van der Waals surface area (Å²) in [6, 6.07) is -0.817. The fourth-order valence-electron chi connectivity index (χ4n) is 3.15. The minimum Gasteiger partial charge on any atom is -0.270 e. The molecule has 2 aliphatic rings. The molecule has 1 fully saturated rings. The molecule has 118 valence electrons. The van der Waals surface area contributed by atoms with Crippen molar-refractivity contribution in [3.63, 3.8) is 0 Å². The number of imide groups is 1. The molecule has 1 aromatic heterocycles. The predicted octanol–water partition coefficient (Wildman–Crippen LogP) is 1.24. The highest BCUT2D eigenvalue weighted by Crippen LogP contribution is 2.29. The number of fused-ring (bicyclic) bond motifs is 3. The zero-order chi connectivity index (χ0) is 16.2. The predicted molar refractivity (Wildman–Crippen MR) is 80.9 cm³/mol. The maximum absolute atomic E-state index is 12.8. The number of aromatic nitrogens is 2. The summed E-state index contributed by atoms with van der Waals surface area (Å²) in [4.78, 5) is 32.7. The molecule has 0 aromatic carbocycles. The number of rotatable bonds is 3. The Morgan fingerprint density at radius 1 is 1.36 bits per heavy atom. The maximum atomic E-state index is 12.8. The van der Waals surface area contributed by atoms with Crippen molar-refractivity contribution >= 4 is 23.7 Å². The van der Waals surface area contributed by atoms with E-state index in [1.165, 1.54) is 9.80 Å². The van der Waals surface area contributed by atoms with E-state index < -0.39 is 6.04 Å². The largest absolute Gasteiger partial charge is 0.401 e. The molecule has 3 amide bonds. The number of amides is 3. The van der Waals surface area contributed by atoms with Crippen molar-refractivity contribution in [3.8, 4) is 0 Å². The first kappa shape index (κ1) is 14.7. The molecule has 7 nitrogen and oxygen atoms in total. The van der Waals surface area contributed by atoms with Crippen LogP contribution in [-0.2, 0) is 11.3 Å². The third-order valence-electron chi connectivity index (χ3n) is 4.19. The molecular formula is C15H22N5O2+. The summed E-state index contributed by atoms with van der Waals surface area (Å²) in [5.41, 5.74) is 1.06. The fraction of sp³-hybridized carbons (Fsp3) is 0.600. The molecule has 1 unspecified atom stereocenters. The molecule has 22 heavy (non-hydrogen) atoms. The number of amidine groups is 1. The summed E-state index contributed by atoms with van der Waals surface area (Å²) in [7, 11) is 1.68. The fourth-order valence-corrected chi connectivity index (χ4v) is 3.15. The van der Waals surface area contributed by atoms with Gasteiger partial charge in [-0.05, 0) is 19.8 Å². The smallest absolute Gasteiger partial charge is 0.270 e. The third-order valence-corrected chi connectivity index (χ3v) is 4.19. The van der Waals surface area contributed by atoms with Gasteiger partial charge >= 0.3 is 12.0 Å². The Bertz CT molecular complexity index is 688. The van der Waals surface area contributed by atoms with Gasteiger partial charge in [0.05, 0.1) is 6.54 Å². The molecule has 2 aliphatic heterocycles. The van der Waals surface area contributed by atoms with Crippen molar-refractivity contribution in [1.29, 1.82) is 0 Å². The summed E-state index contributed by atoms with van der Waals surface area (Å²) in [5.74, 6) is 1.30. The Labute approximate surface area is 129 Å². The first-order valence-electron chi connectivity index (χ1n) is 7.65. The van der Waals surface area contributed by atoms with Crippen molar-refractivity contribution in [2.75, 3.05) is 13.6 Å². The van der Waals surface area contributed by atoms with Crippen molar-refractivity contribution < 1.29 is 14.2 Å². The van der Waals surface area contributed by atoms with E-state index in [2.05, 4.69) is 4.99 Å². The molecule has 1 aromatic rings. The number of hydrogen-bond acceptors (Lipinski definition) is 3. The van der Waals surface area contributed by atoms with Gasteiger partial charge < -0.3 is 0 Å². The zero-order valence-electron chi connectivity index (χ0n) is 13.7. The number of urea groups is 1. The quantitative estimate of drug-likeness (QED) is 0.789. The molecule has 3 rings (SSSR count). The van der Waals surface area contributed by atoms with Crippen LogP contribution in [-0.4, -0.2) is 45.7 Å². The van der Waals surface area contributed by atoms with E-state index in [1.807, 2.05) is 43.0 Å². The molecule has 0 aliphatic carbocycles. The summed E-state index contributed by atoms with van der Waals surface area (Å²) < 4.78 is 3.93. The summed E-state index contributed by atoms with van der Waals surface area (Å²) in [5, 5.41) is 0. The second kappa shape index (κ2) is 4.93. The van der Waals surface area contributed by atoms with E-state index in [4.69, 9.17) is 0 Å². The van der Waals surface area contributed by atoms with Gasteiger partial charge in [0.1, 0.15) is 11.9 Å².